The molecule has 1 aromatic rings. The minimum absolute atomic E-state index is 0.474. The number of aromatic nitrogens is 2. The summed E-state index contributed by atoms with van der Waals surface area (Å²) < 4.78 is 0. The van der Waals surface area contributed by atoms with Crippen LogP contribution in [-0.4, -0.2) is 29.1 Å². The molecule has 1 fully saturated rings. The van der Waals surface area contributed by atoms with Gasteiger partial charge >= 0.3 is 0 Å². The second-order valence-electron chi connectivity index (χ2n) is 3.40. The molecular weight excluding hydrogens is 200 g/mol. The van der Waals surface area contributed by atoms with Gasteiger partial charge in [-0.3, -0.25) is 0 Å². The molecule has 0 aliphatic carbocycles. The monoisotopic (exact) mass is 212 g/mol. The molecule has 0 bridgehead atoms. The first-order valence-corrected chi connectivity index (χ1v) is 5.17. The average molecular weight is 213 g/mol. The van der Waals surface area contributed by atoms with Gasteiger partial charge in [0.15, 0.2) is 0 Å². The molecule has 2 N–H and O–H groups in total. The van der Waals surface area contributed by atoms with Gasteiger partial charge in [-0.05, 0) is 19.4 Å². The maximum Gasteiger partial charge on any atom is 0.134 e. The van der Waals surface area contributed by atoms with E-state index < -0.39 is 0 Å². The van der Waals surface area contributed by atoms with Crippen LogP contribution in [0.25, 0.3) is 0 Å². The predicted molar refractivity (Wildman–Crippen MR) is 56.6 cm³/mol. The van der Waals surface area contributed by atoms with E-state index in [9.17, 15) is 0 Å². The number of hydrogen-bond donors (Lipinski definition) is 2. The number of nitrogens with zero attached hydrogens (tertiary/aromatic N) is 2. The Balaban J connectivity index is 1.85. The fourth-order valence-electron chi connectivity index (χ4n) is 1.59. The SMILES string of the molecule is Clc1cc(NCC2CCCN2)ncn1. The van der Waals surface area contributed by atoms with E-state index in [-0.39, 0.29) is 0 Å². The third-order valence-corrected chi connectivity index (χ3v) is 2.53. The lowest BCUT2D eigenvalue weighted by Crippen LogP contribution is -2.29. The standard InChI is InChI=1S/C9H13ClN4/c10-8-4-9(14-6-13-8)12-5-7-2-1-3-11-7/h4,6-7,11H,1-3,5H2,(H,12,13,14). The summed E-state index contributed by atoms with van der Waals surface area (Å²) in [7, 11) is 0. The van der Waals surface area contributed by atoms with Crippen LogP contribution >= 0.6 is 11.6 Å². The molecule has 2 heterocycles. The van der Waals surface area contributed by atoms with Gasteiger partial charge < -0.3 is 10.6 Å². The van der Waals surface area contributed by atoms with Gasteiger partial charge in [-0.25, -0.2) is 9.97 Å². The van der Waals surface area contributed by atoms with E-state index in [1.54, 1.807) is 6.07 Å². The van der Waals surface area contributed by atoms with Crippen LogP contribution in [0.3, 0.4) is 0 Å². The zero-order chi connectivity index (χ0) is 9.80. The summed E-state index contributed by atoms with van der Waals surface area (Å²) in [6.45, 7) is 2.02. The van der Waals surface area contributed by atoms with Crippen LogP contribution in [0.5, 0.6) is 0 Å². The Labute approximate surface area is 88.1 Å². The van der Waals surface area contributed by atoms with E-state index in [1.807, 2.05) is 0 Å². The summed E-state index contributed by atoms with van der Waals surface area (Å²) in [6, 6.07) is 2.29. The van der Waals surface area contributed by atoms with E-state index in [0.717, 1.165) is 18.9 Å². The smallest absolute Gasteiger partial charge is 0.134 e. The number of anilines is 1. The van der Waals surface area contributed by atoms with Crippen LogP contribution in [0.2, 0.25) is 5.15 Å². The summed E-state index contributed by atoms with van der Waals surface area (Å²) >= 11 is 5.73. The van der Waals surface area contributed by atoms with Crippen molar-refractivity contribution in [3.63, 3.8) is 0 Å². The van der Waals surface area contributed by atoms with Gasteiger partial charge in [0, 0.05) is 18.7 Å². The molecule has 1 unspecified atom stereocenters. The highest BCUT2D eigenvalue weighted by Crippen LogP contribution is 2.10. The van der Waals surface area contributed by atoms with Crippen LogP contribution < -0.4 is 10.6 Å². The zero-order valence-electron chi connectivity index (χ0n) is 7.83. The fourth-order valence-corrected chi connectivity index (χ4v) is 1.74. The molecule has 1 saturated heterocycles. The van der Waals surface area contributed by atoms with Gasteiger partial charge in [-0.1, -0.05) is 11.6 Å². The Morgan fingerprint density at radius 3 is 3.21 bits per heavy atom. The first-order valence-electron chi connectivity index (χ1n) is 4.79. The van der Waals surface area contributed by atoms with Crippen LogP contribution in [0.4, 0.5) is 5.82 Å². The van der Waals surface area contributed by atoms with E-state index in [1.165, 1.54) is 19.2 Å². The fraction of sp³-hybridized carbons (Fsp3) is 0.556. The molecule has 1 atom stereocenters. The second-order valence-corrected chi connectivity index (χ2v) is 3.79. The van der Waals surface area contributed by atoms with Crippen molar-refractivity contribution in [2.45, 2.75) is 18.9 Å². The summed E-state index contributed by atoms with van der Waals surface area (Å²) in [5.41, 5.74) is 0. The van der Waals surface area contributed by atoms with Crippen molar-refractivity contribution in [1.82, 2.24) is 15.3 Å². The Morgan fingerprint density at radius 2 is 2.50 bits per heavy atom. The van der Waals surface area contributed by atoms with Crippen molar-refractivity contribution in [1.29, 1.82) is 0 Å². The van der Waals surface area contributed by atoms with Crippen molar-refractivity contribution in [3.8, 4) is 0 Å². The maximum atomic E-state index is 5.73. The van der Waals surface area contributed by atoms with Gasteiger partial charge in [0.1, 0.15) is 17.3 Å². The lowest BCUT2D eigenvalue weighted by molar-refractivity contribution is 0.632. The van der Waals surface area contributed by atoms with Gasteiger partial charge in [-0.15, -0.1) is 0 Å². The quantitative estimate of drug-likeness (QED) is 0.742. The first kappa shape index (κ1) is 9.68. The van der Waals surface area contributed by atoms with E-state index >= 15 is 0 Å². The Kier molecular flexibility index (Phi) is 3.16. The molecule has 0 radical (unpaired) electrons. The molecule has 2 rings (SSSR count). The second kappa shape index (κ2) is 4.57. The third-order valence-electron chi connectivity index (χ3n) is 2.33. The van der Waals surface area contributed by atoms with Crippen molar-refractivity contribution in [3.05, 3.63) is 17.5 Å². The molecule has 1 aliphatic heterocycles. The first-order chi connectivity index (χ1) is 6.84. The zero-order valence-corrected chi connectivity index (χ0v) is 8.59. The van der Waals surface area contributed by atoms with Crippen molar-refractivity contribution in [2.75, 3.05) is 18.4 Å². The maximum absolute atomic E-state index is 5.73. The van der Waals surface area contributed by atoms with Crippen LogP contribution in [-0.2, 0) is 0 Å². The molecule has 14 heavy (non-hydrogen) atoms. The Bertz CT molecular complexity index is 299. The lowest BCUT2D eigenvalue weighted by atomic mass is 10.2. The average Bonchev–Trinajstić information content (AvgIpc) is 2.67. The molecule has 76 valence electrons. The van der Waals surface area contributed by atoms with Crippen LogP contribution in [0.1, 0.15) is 12.8 Å². The molecule has 5 heteroatoms. The highest BCUT2D eigenvalue weighted by molar-refractivity contribution is 6.29. The van der Waals surface area contributed by atoms with Crippen molar-refractivity contribution >= 4 is 17.4 Å². The molecule has 1 aliphatic rings. The highest BCUT2D eigenvalue weighted by atomic mass is 35.5. The largest absolute Gasteiger partial charge is 0.368 e. The van der Waals surface area contributed by atoms with E-state index in [2.05, 4.69) is 20.6 Å². The molecule has 0 aromatic carbocycles. The van der Waals surface area contributed by atoms with Gasteiger partial charge in [0.05, 0.1) is 0 Å². The van der Waals surface area contributed by atoms with Gasteiger partial charge in [-0.2, -0.15) is 0 Å². The summed E-state index contributed by atoms with van der Waals surface area (Å²) in [5, 5.41) is 7.11. The molecule has 0 spiro atoms. The molecule has 4 nitrogen and oxygen atoms in total. The Hall–Kier alpha value is -0.870. The summed E-state index contributed by atoms with van der Waals surface area (Å²) in [4.78, 5) is 7.88. The normalized spacial score (nSPS) is 21.1. The van der Waals surface area contributed by atoms with E-state index in [4.69, 9.17) is 11.6 Å². The van der Waals surface area contributed by atoms with Crippen molar-refractivity contribution < 1.29 is 0 Å². The lowest BCUT2D eigenvalue weighted by Gasteiger charge is -2.11. The van der Waals surface area contributed by atoms with E-state index in [0.29, 0.717) is 11.2 Å². The number of halogens is 1. The molecule has 0 saturated carbocycles. The summed E-state index contributed by atoms with van der Waals surface area (Å²) in [6.07, 6.45) is 3.95. The van der Waals surface area contributed by atoms with Crippen LogP contribution in [0, 0.1) is 0 Å². The third kappa shape index (κ3) is 2.56. The number of nitrogens with one attached hydrogen (secondary N) is 2. The van der Waals surface area contributed by atoms with Gasteiger partial charge in [0.2, 0.25) is 0 Å². The Morgan fingerprint density at radius 1 is 1.57 bits per heavy atom. The van der Waals surface area contributed by atoms with Gasteiger partial charge in [0.25, 0.3) is 0 Å². The van der Waals surface area contributed by atoms with Crippen molar-refractivity contribution in [2.24, 2.45) is 0 Å². The highest BCUT2D eigenvalue weighted by Gasteiger charge is 2.13. The van der Waals surface area contributed by atoms with Crippen LogP contribution in [0.15, 0.2) is 12.4 Å². The summed E-state index contributed by atoms with van der Waals surface area (Å²) in [5.74, 6) is 0.790. The molecular formula is C9H13ClN4. The number of rotatable bonds is 3. The minimum atomic E-state index is 0.474. The minimum Gasteiger partial charge on any atom is -0.368 e. The topological polar surface area (TPSA) is 49.8 Å². The molecule has 1 aromatic heterocycles. The number of hydrogen-bond acceptors (Lipinski definition) is 4. The predicted octanol–water partition coefficient (Wildman–Crippen LogP) is 1.29. The molecule has 0 amide bonds.